The van der Waals surface area contributed by atoms with Crippen molar-refractivity contribution in [3.8, 4) is 5.75 Å². The Hall–Kier alpha value is -1.66. The third-order valence-corrected chi connectivity index (χ3v) is 3.39. The van der Waals surface area contributed by atoms with Crippen LogP contribution in [0, 0.1) is 5.82 Å². The molecule has 1 fully saturated rings. The highest BCUT2D eigenvalue weighted by Gasteiger charge is 2.33. The number of rotatable bonds is 3. The lowest BCUT2D eigenvalue weighted by Gasteiger charge is -2.37. The van der Waals surface area contributed by atoms with E-state index in [9.17, 15) is 19.4 Å². The zero-order valence-electron chi connectivity index (χ0n) is 10.5. The average molecular weight is 269 g/mol. The molecule has 1 aromatic rings. The number of carbonyl (C=O) groups is 1. The van der Waals surface area contributed by atoms with Crippen LogP contribution in [-0.2, 0) is 9.53 Å². The van der Waals surface area contributed by atoms with E-state index in [-0.39, 0.29) is 18.4 Å². The van der Waals surface area contributed by atoms with E-state index >= 15 is 0 Å². The topological polar surface area (TPSA) is 70.0 Å². The highest BCUT2D eigenvalue weighted by Crippen LogP contribution is 2.31. The average Bonchev–Trinajstić information content (AvgIpc) is 2.38. The Morgan fingerprint density at radius 1 is 1.58 bits per heavy atom. The van der Waals surface area contributed by atoms with Crippen LogP contribution < -0.4 is 0 Å². The Bertz CT molecular complexity index is 480. The molecular formula is C13H16FNO4. The highest BCUT2D eigenvalue weighted by molar-refractivity contribution is 5.73. The molecule has 0 saturated carbocycles. The molecule has 2 N–H and O–H groups in total. The Balaban J connectivity index is 2.25. The third kappa shape index (κ3) is 2.85. The predicted molar refractivity (Wildman–Crippen MR) is 65.4 cm³/mol. The molecule has 2 unspecified atom stereocenters. The summed E-state index contributed by atoms with van der Waals surface area (Å²) in [6.45, 7) is 2.79. The van der Waals surface area contributed by atoms with Gasteiger partial charge >= 0.3 is 5.97 Å². The Morgan fingerprint density at radius 3 is 2.95 bits per heavy atom. The second-order valence-corrected chi connectivity index (χ2v) is 4.55. The summed E-state index contributed by atoms with van der Waals surface area (Å²) in [4.78, 5) is 12.9. The van der Waals surface area contributed by atoms with Crippen molar-refractivity contribution in [1.82, 2.24) is 4.90 Å². The fourth-order valence-corrected chi connectivity index (χ4v) is 2.34. The van der Waals surface area contributed by atoms with Gasteiger partial charge in [0.05, 0.1) is 13.2 Å². The van der Waals surface area contributed by atoms with Crippen LogP contribution in [0.4, 0.5) is 4.39 Å². The number of halogens is 1. The number of carboxylic acid groups (broad SMARTS) is 1. The van der Waals surface area contributed by atoms with Gasteiger partial charge in [0.15, 0.2) is 0 Å². The van der Waals surface area contributed by atoms with E-state index in [0.29, 0.717) is 18.7 Å². The number of aromatic hydroxyl groups is 1. The summed E-state index contributed by atoms with van der Waals surface area (Å²) in [5.41, 5.74) is 0.509. The molecule has 0 aliphatic carbocycles. The normalized spacial score (nSPS) is 22.1. The molecule has 0 aromatic heterocycles. The minimum atomic E-state index is -0.965. The number of phenols is 1. The number of aliphatic carboxylic acids is 1. The number of carboxylic acids is 1. The second-order valence-electron chi connectivity index (χ2n) is 4.55. The molecule has 6 heteroatoms. The van der Waals surface area contributed by atoms with Crippen molar-refractivity contribution >= 4 is 5.97 Å². The summed E-state index contributed by atoms with van der Waals surface area (Å²) < 4.78 is 18.1. The summed E-state index contributed by atoms with van der Waals surface area (Å²) in [7, 11) is 0. The Kier molecular flexibility index (Phi) is 4.01. The maximum Gasteiger partial charge on any atom is 0.323 e. The molecule has 1 saturated heterocycles. The summed E-state index contributed by atoms with van der Waals surface area (Å²) >= 11 is 0. The lowest BCUT2D eigenvalue weighted by Crippen LogP contribution is -2.50. The number of nitrogens with zero attached hydrogens (tertiary/aromatic N) is 1. The SMILES string of the molecule is CC(c1ccc(F)cc1O)N1CCOCC1C(=O)O. The summed E-state index contributed by atoms with van der Waals surface area (Å²) in [5, 5.41) is 18.9. The Morgan fingerprint density at radius 2 is 2.32 bits per heavy atom. The summed E-state index contributed by atoms with van der Waals surface area (Å²) in [6.07, 6.45) is 0. The van der Waals surface area contributed by atoms with Crippen molar-refractivity contribution in [3.05, 3.63) is 29.6 Å². The summed E-state index contributed by atoms with van der Waals surface area (Å²) in [6, 6.07) is 2.67. The molecule has 104 valence electrons. The number of hydrogen-bond donors (Lipinski definition) is 2. The molecule has 0 radical (unpaired) electrons. The van der Waals surface area contributed by atoms with E-state index in [0.717, 1.165) is 6.07 Å². The standard InChI is InChI=1S/C13H16FNO4/c1-8(10-3-2-9(14)6-12(10)16)15-4-5-19-7-11(15)13(17)18/h2-3,6,8,11,16H,4-5,7H2,1H3,(H,17,18). The van der Waals surface area contributed by atoms with Gasteiger partial charge in [-0.3, -0.25) is 9.69 Å². The molecule has 1 heterocycles. The smallest absolute Gasteiger partial charge is 0.323 e. The third-order valence-electron chi connectivity index (χ3n) is 3.39. The minimum Gasteiger partial charge on any atom is -0.508 e. The molecule has 19 heavy (non-hydrogen) atoms. The van der Waals surface area contributed by atoms with Gasteiger partial charge < -0.3 is 14.9 Å². The molecule has 0 amide bonds. The monoisotopic (exact) mass is 269 g/mol. The van der Waals surface area contributed by atoms with E-state index in [1.54, 1.807) is 11.8 Å². The first-order valence-electron chi connectivity index (χ1n) is 6.05. The second kappa shape index (κ2) is 5.54. The first kappa shape index (κ1) is 13.8. The molecule has 1 aliphatic rings. The van der Waals surface area contributed by atoms with Crippen LogP contribution >= 0.6 is 0 Å². The number of morpholine rings is 1. The van der Waals surface area contributed by atoms with Crippen molar-refractivity contribution in [2.24, 2.45) is 0 Å². The van der Waals surface area contributed by atoms with Gasteiger partial charge in [0.2, 0.25) is 0 Å². The van der Waals surface area contributed by atoms with Crippen LogP contribution in [0.5, 0.6) is 5.75 Å². The molecule has 0 bridgehead atoms. The maximum atomic E-state index is 13.0. The van der Waals surface area contributed by atoms with Gasteiger partial charge in [-0.2, -0.15) is 0 Å². The van der Waals surface area contributed by atoms with Crippen LogP contribution in [0.2, 0.25) is 0 Å². The van der Waals surface area contributed by atoms with Crippen molar-refractivity contribution in [2.75, 3.05) is 19.8 Å². The fourth-order valence-electron chi connectivity index (χ4n) is 2.34. The van der Waals surface area contributed by atoms with Crippen molar-refractivity contribution < 1.29 is 24.1 Å². The molecule has 5 nitrogen and oxygen atoms in total. The summed E-state index contributed by atoms with van der Waals surface area (Å²) in [5.74, 6) is -1.65. The van der Waals surface area contributed by atoms with Gasteiger partial charge in [-0.15, -0.1) is 0 Å². The molecule has 1 aromatic carbocycles. The van der Waals surface area contributed by atoms with Crippen LogP contribution in [0.1, 0.15) is 18.5 Å². The Labute approximate surface area is 110 Å². The van der Waals surface area contributed by atoms with Gasteiger partial charge in [0.1, 0.15) is 17.6 Å². The molecular weight excluding hydrogens is 253 g/mol. The first-order valence-corrected chi connectivity index (χ1v) is 6.05. The number of benzene rings is 1. The molecule has 2 atom stereocenters. The fraction of sp³-hybridized carbons (Fsp3) is 0.462. The lowest BCUT2D eigenvalue weighted by atomic mass is 10.0. The zero-order chi connectivity index (χ0) is 14.0. The molecule has 1 aliphatic heterocycles. The quantitative estimate of drug-likeness (QED) is 0.867. The van der Waals surface area contributed by atoms with E-state index < -0.39 is 17.8 Å². The van der Waals surface area contributed by atoms with Crippen molar-refractivity contribution in [3.63, 3.8) is 0 Å². The number of ether oxygens (including phenoxy) is 1. The lowest BCUT2D eigenvalue weighted by molar-refractivity contribution is -0.151. The van der Waals surface area contributed by atoms with E-state index in [4.69, 9.17) is 4.74 Å². The van der Waals surface area contributed by atoms with Crippen molar-refractivity contribution in [1.29, 1.82) is 0 Å². The van der Waals surface area contributed by atoms with Gasteiger partial charge in [-0.1, -0.05) is 6.07 Å². The van der Waals surface area contributed by atoms with Crippen LogP contribution in [0.25, 0.3) is 0 Å². The van der Waals surface area contributed by atoms with Crippen LogP contribution in [0.15, 0.2) is 18.2 Å². The first-order chi connectivity index (χ1) is 9.00. The van der Waals surface area contributed by atoms with E-state index in [1.807, 2.05) is 0 Å². The van der Waals surface area contributed by atoms with Gasteiger partial charge in [-0.25, -0.2) is 4.39 Å². The van der Waals surface area contributed by atoms with Gasteiger partial charge in [-0.05, 0) is 13.0 Å². The van der Waals surface area contributed by atoms with Gasteiger partial charge in [0.25, 0.3) is 0 Å². The minimum absolute atomic E-state index is 0.113. The van der Waals surface area contributed by atoms with E-state index in [1.165, 1.54) is 12.1 Å². The molecule has 0 spiro atoms. The highest BCUT2D eigenvalue weighted by atomic mass is 19.1. The largest absolute Gasteiger partial charge is 0.508 e. The van der Waals surface area contributed by atoms with Crippen LogP contribution in [-0.4, -0.2) is 46.9 Å². The van der Waals surface area contributed by atoms with Crippen LogP contribution in [0.3, 0.4) is 0 Å². The number of phenolic OH excluding ortho intramolecular Hbond substituents is 1. The van der Waals surface area contributed by atoms with E-state index in [2.05, 4.69) is 0 Å². The predicted octanol–water partition coefficient (Wildman–Crippen LogP) is 1.38. The van der Waals surface area contributed by atoms with Gasteiger partial charge in [0, 0.05) is 24.2 Å². The zero-order valence-corrected chi connectivity index (χ0v) is 10.5. The maximum absolute atomic E-state index is 13.0. The molecule has 2 rings (SSSR count). The van der Waals surface area contributed by atoms with Crippen molar-refractivity contribution in [2.45, 2.75) is 19.0 Å². The number of hydrogen-bond acceptors (Lipinski definition) is 4.